The fraction of sp³-hybridized carbons (Fsp3) is 0.658. The van der Waals surface area contributed by atoms with Crippen LogP contribution >= 0.6 is 11.3 Å². The van der Waals surface area contributed by atoms with Crippen LogP contribution in [-0.2, 0) is 27.2 Å². The van der Waals surface area contributed by atoms with E-state index >= 15 is 0 Å². The van der Waals surface area contributed by atoms with Gasteiger partial charge in [0, 0.05) is 36.9 Å². The van der Waals surface area contributed by atoms with Crippen molar-refractivity contribution in [3.05, 3.63) is 45.9 Å². The number of phenolic OH excluding ortho intramolecular Hbond substituents is 1. The number of nitrogens with zero attached hydrogens (tertiary/aromatic N) is 3. The first-order valence-electron chi connectivity index (χ1n) is 18.3. The fourth-order valence-electron chi connectivity index (χ4n) is 6.65. The summed E-state index contributed by atoms with van der Waals surface area (Å²) in [5.41, 5.74) is 1.15. The predicted molar refractivity (Wildman–Crippen MR) is 197 cm³/mol. The normalized spacial score (nSPS) is 17.6. The van der Waals surface area contributed by atoms with Crippen molar-refractivity contribution in [2.45, 2.75) is 123 Å². The summed E-state index contributed by atoms with van der Waals surface area (Å²) in [6.07, 6.45) is 5.44. The lowest BCUT2D eigenvalue weighted by atomic mass is 9.92. The first-order chi connectivity index (χ1) is 23.7. The number of aromatic hydroxyl groups is 1. The Labute approximate surface area is 302 Å². The van der Waals surface area contributed by atoms with Crippen LogP contribution < -0.4 is 10.6 Å². The number of nitrogens with one attached hydrogen (secondary N) is 2. The minimum absolute atomic E-state index is 0.0313. The summed E-state index contributed by atoms with van der Waals surface area (Å²) < 4.78 is 0. The molecule has 0 saturated carbocycles. The van der Waals surface area contributed by atoms with Crippen LogP contribution in [0, 0.1) is 17.8 Å². The molecule has 5 atom stereocenters. The molecule has 3 amide bonds. The molecule has 0 bridgehead atoms. The summed E-state index contributed by atoms with van der Waals surface area (Å²) in [7, 11) is 1.98. The van der Waals surface area contributed by atoms with Crippen LogP contribution in [0.15, 0.2) is 29.6 Å². The number of aliphatic carboxylic acids is 1. The summed E-state index contributed by atoms with van der Waals surface area (Å²) in [5, 5.41) is 27.5. The second-order valence-electron chi connectivity index (χ2n) is 14.7. The van der Waals surface area contributed by atoms with Gasteiger partial charge in [-0.15, -0.1) is 11.3 Å². The number of carboxylic acid groups (broad SMARTS) is 1. The average Bonchev–Trinajstić information content (AvgIpc) is 3.55. The lowest BCUT2D eigenvalue weighted by molar-refractivity contribution is -0.142. The smallest absolute Gasteiger partial charge is 0.303 e. The van der Waals surface area contributed by atoms with E-state index in [-0.39, 0.29) is 71.8 Å². The Bertz CT molecular complexity index is 1400. The van der Waals surface area contributed by atoms with Crippen molar-refractivity contribution in [2.75, 3.05) is 20.1 Å². The molecule has 11 nitrogen and oxygen atoms in total. The molecule has 2 aromatic rings. The molecule has 2 heterocycles. The number of aryl methyl sites for hydroxylation is 1. The SMILES string of the molecule is CC[C@H](C)C(NC(=O)[C@H]1CCCCN1C)C(=O)N(CC(C)C)[C@H](CCc1nc(C(=O)N[C@H](CCC(=O)O)Cc2ccc(O)cc2)cs1)C(C)C. The second kappa shape index (κ2) is 19.8. The second-order valence-corrected chi connectivity index (χ2v) is 15.6. The molecule has 1 aromatic carbocycles. The molecule has 3 rings (SSSR count). The van der Waals surface area contributed by atoms with Gasteiger partial charge in [0.2, 0.25) is 11.8 Å². The minimum atomic E-state index is -0.940. The van der Waals surface area contributed by atoms with Crippen LogP contribution in [0.3, 0.4) is 0 Å². The molecule has 0 aliphatic carbocycles. The van der Waals surface area contributed by atoms with Gasteiger partial charge in [-0.3, -0.25) is 24.1 Å². The van der Waals surface area contributed by atoms with Crippen molar-refractivity contribution in [1.29, 1.82) is 0 Å². The highest BCUT2D eigenvalue weighted by Gasteiger charge is 2.37. The summed E-state index contributed by atoms with van der Waals surface area (Å²) in [5.74, 6) is -0.944. The van der Waals surface area contributed by atoms with Crippen molar-refractivity contribution in [3.63, 3.8) is 0 Å². The molecule has 50 heavy (non-hydrogen) atoms. The van der Waals surface area contributed by atoms with Gasteiger partial charge in [-0.2, -0.15) is 0 Å². The molecule has 1 aliphatic heterocycles. The van der Waals surface area contributed by atoms with Gasteiger partial charge in [0.15, 0.2) is 0 Å². The van der Waals surface area contributed by atoms with E-state index < -0.39 is 18.1 Å². The number of thiazole rings is 1. The standard InChI is InChI=1S/C38H59N5O6S/c1-8-26(6)35(41-37(48)32-11-9-10-20-42(32)7)38(49)43(22-24(2)3)31(25(4)5)17-18-33-40-30(23-50-33)36(47)39-28(14-19-34(45)46)21-27-12-15-29(44)16-13-27/h12-13,15-16,23-26,28,31-32,35,44H,8-11,14,17-22H2,1-7H3,(H,39,47)(H,41,48)(H,45,46)/t26-,28+,31+,32+,35?/m0/s1. The van der Waals surface area contributed by atoms with E-state index in [9.17, 15) is 29.4 Å². The van der Waals surface area contributed by atoms with Gasteiger partial charge in [0.05, 0.1) is 11.0 Å². The number of likely N-dealkylation sites (tertiary alicyclic amines) is 1. The number of likely N-dealkylation sites (N-methyl/N-ethyl adjacent to an activating group) is 1. The van der Waals surface area contributed by atoms with Gasteiger partial charge in [0.1, 0.15) is 17.5 Å². The third-order valence-corrected chi connectivity index (χ3v) is 10.7. The molecule has 1 aromatic heterocycles. The third kappa shape index (κ3) is 12.4. The summed E-state index contributed by atoms with van der Waals surface area (Å²) in [6, 6.07) is 5.27. The number of hydrogen-bond donors (Lipinski definition) is 4. The number of phenols is 1. The Morgan fingerprint density at radius 2 is 1.74 bits per heavy atom. The van der Waals surface area contributed by atoms with Crippen molar-refractivity contribution in [2.24, 2.45) is 17.8 Å². The third-order valence-electron chi connectivity index (χ3n) is 9.76. The van der Waals surface area contributed by atoms with E-state index in [0.717, 1.165) is 42.8 Å². The van der Waals surface area contributed by atoms with Crippen LogP contribution in [0.25, 0.3) is 0 Å². The summed E-state index contributed by atoms with van der Waals surface area (Å²) in [4.78, 5) is 61.2. The number of rotatable bonds is 19. The Hall–Kier alpha value is -3.51. The van der Waals surface area contributed by atoms with Crippen molar-refractivity contribution >= 4 is 35.0 Å². The highest BCUT2D eigenvalue weighted by atomic mass is 32.1. The largest absolute Gasteiger partial charge is 0.508 e. The molecule has 1 aliphatic rings. The quantitative estimate of drug-likeness (QED) is 0.149. The van der Waals surface area contributed by atoms with Gasteiger partial charge in [-0.05, 0) is 81.1 Å². The Morgan fingerprint density at radius 1 is 1.04 bits per heavy atom. The number of carbonyl (C=O) groups is 4. The van der Waals surface area contributed by atoms with E-state index in [4.69, 9.17) is 0 Å². The highest BCUT2D eigenvalue weighted by molar-refractivity contribution is 7.09. The minimum Gasteiger partial charge on any atom is -0.508 e. The van der Waals surface area contributed by atoms with Crippen LogP contribution in [-0.4, -0.2) is 93.0 Å². The average molecular weight is 714 g/mol. The number of carboxylic acids is 1. The highest BCUT2D eigenvalue weighted by Crippen LogP contribution is 2.25. The zero-order chi connectivity index (χ0) is 37.0. The number of piperidine rings is 1. The predicted octanol–water partition coefficient (Wildman–Crippen LogP) is 5.51. The van der Waals surface area contributed by atoms with Crippen LogP contribution in [0.2, 0.25) is 0 Å². The molecule has 1 saturated heterocycles. The molecule has 1 unspecified atom stereocenters. The zero-order valence-corrected chi connectivity index (χ0v) is 31.8. The molecule has 0 radical (unpaired) electrons. The van der Waals surface area contributed by atoms with Crippen molar-refractivity contribution in [1.82, 2.24) is 25.4 Å². The number of benzene rings is 1. The summed E-state index contributed by atoms with van der Waals surface area (Å²) in [6.45, 7) is 14.0. The van der Waals surface area contributed by atoms with Gasteiger partial charge >= 0.3 is 5.97 Å². The van der Waals surface area contributed by atoms with E-state index in [0.29, 0.717) is 25.8 Å². The van der Waals surface area contributed by atoms with E-state index in [2.05, 4.69) is 55.1 Å². The van der Waals surface area contributed by atoms with Crippen LogP contribution in [0.5, 0.6) is 5.75 Å². The Kier molecular flexibility index (Phi) is 16.2. The molecule has 0 spiro atoms. The van der Waals surface area contributed by atoms with Crippen molar-refractivity contribution in [3.8, 4) is 5.75 Å². The molecule has 12 heteroatoms. The number of carbonyl (C=O) groups excluding carboxylic acids is 3. The molecule has 278 valence electrons. The van der Waals surface area contributed by atoms with Crippen molar-refractivity contribution < 1.29 is 29.4 Å². The molecular formula is C38H59N5O6S. The number of amides is 3. The Balaban J connectivity index is 1.74. The van der Waals surface area contributed by atoms with E-state index in [1.165, 1.54) is 11.3 Å². The first kappa shape index (κ1) is 40.9. The van der Waals surface area contributed by atoms with Crippen LogP contribution in [0.1, 0.15) is 108 Å². The van der Waals surface area contributed by atoms with E-state index in [1.807, 2.05) is 18.9 Å². The maximum Gasteiger partial charge on any atom is 0.303 e. The maximum atomic E-state index is 14.5. The van der Waals surface area contributed by atoms with Gasteiger partial charge < -0.3 is 25.7 Å². The summed E-state index contributed by atoms with van der Waals surface area (Å²) >= 11 is 1.40. The van der Waals surface area contributed by atoms with E-state index in [1.54, 1.807) is 29.6 Å². The lowest BCUT2D eigenvalue weighted by Crippen LogP contribution is -2.59. The molecule has 1 fully saturated rings. The zero-order valence-electron chi connectivity index (χ0n) is 31.0. The topological polar surface area (TPSA) is 152 Å². The van der Waals surface area contributed by atoms with Gasteiger partial charge in [-0.1, -0.05) is 66.5 Å². The fourth-order valence-corrected chi connectivity index (χ4v) is 7.44. The molecule has 4 N–H and O–H groups in total. The number of hydrogen-bond acceptors (Lipinski definition) is 8. The monoisotopic (exact) mass is 713 g/mol. The Morgan fingerprint density at radius 3 is 2.34 bits per heavy atom. The number of aromatic nitrogens is 1. The van der Waals surface area contributed by atoms with Gasteiger partial charge in [-0.25, -0.2) is 4.98 Å². The van der Waals surface area contributed by atoms with Crippen LogP contribution in [0.4, 0.5) is 0 Å². The lowest BCUT2D eigenvalue weighted by Gasteiger charge is -2.40. The maximum absolute atomic E-state index is 14.5. The first-order valence-corrected chi connectivity index (χ1v) is 19.1. The molecular weight excluding hydrogens is 655 g/mol. The van der Waals surface area contributed by atoms with Gasteiger partial charge in [0.25, 0.3) is 5.91 Å².